The van der Waals surface area contributed by atoms with Crippen LogP contribution in [0.4, 0.5) is 4.39 Å². The summed E-state index contributed by atoms with van der Waals surface area (Å²) in [6.07, 6.45) is 0. The van der Waals surface area contributed by atoms with Gasteiger partial charge in [0.2, 0.25) is 0 Å². The molecule has 4 heteroatoms. The van der Waals surface area contributed by atoms with Crippen LogP contribution in [0.15, 0.2) is 42.5 Å². The molecule has 0 heterocycles. The van der Waals surface area contributed by atoms with Gasteiger partial charge in [-0.05, 0) is 36.8 Å². The maximum absolute atomic E-state index is 13.8. The van der Waals surface area contributed by atoms with E-state index < -0.39 is 5.82 Å². The van der Waals surface area contributed by atoms with Gasteiger partial charge >= 0.3 is 0 Å². The molecule has 104 valence electrons. The number of carbonyl (C=O) groups excluding carboxylic acids is 1. The number of para-hydroxylation sites is 1. The van der Waals surface area contributed by atoms with Crippen molar-refractivity contribution in [3.63, 3.8) is 0 Å². The molecule has 0 aliphatic heterocycles. The van der Waals surface area contributed by atoms with Crippen LogP contribution in [0.5, 0.6) is 11.5 Å². The molecule has 0 aliphatic carbocycles. The van der Waals surface area contributed by atoms with Crippen LogP contribution in [-0.4, -0.2) is 12.9 Å². The van der Waals surface area contributed by atoms with E-state index in [2.05, 4.69) is 0 Å². The molecule has 0 N–H and O–H groups in total. The average molecular weight is 274 g/mol. The minimum Gasteiger partial charge on any atom is -0.497 e. The van der Waals surface area contributed by atoms with Gasteiger partial charge in [0, 0.05) is 0 Å². The summed E-state index contributed by atoms with van der Waals surface area (Å²) >= 11 is 0. The first-order valence-corrected chi connectivity index (χ1v) is 6.17. The van der Waals surface area contributed by atoms with Crippen molar-refractivity contribution in [3.05, 3.63) is 59.4 Å². The Morgan fingerprint density at radius 1 is 1.20 bits per heavy atom. The number of halogens is 1. The fraction of sp³-hybridized carbons (Fsp3) is 0.188. The first-order chi connectivity index (χ1) is 9.61. The molecule has 0 atom stereocenters. The Balaban J connectivity index is 2.20. The topological polar surface area (TPSA) is 35.5 Å². The van der Waals surface area contributed by atoms with Crippen molar-refractivity contribution in [1.82, 2.24) is 0 Å². The van der Waals surface area contributed by atoms with Gasteiger partial charge in [-0.3, -0.25) is 4.79 Å². The standard InChI is InChI=1S/C16H15FO3/c1-11(18)14-7-4-8-15(17)16(14)20-10-12-5-3-6-13(9-12)19-2/h3-9H,10H2,1-2H3. The summed E-state index contributed by atoms with van der Waals surface area (Å²) in [6.45, 7) is 1.55. The third-order valence-corrected chi connectivity index (χ3v) is 2.86. The summed E-state index contributed by atoms with van der Waals surface area (Å²) in [5, 5.41) is 0. The molecule has 0 bridgehead atoms. The van der Waals surface area contributed by atoms with Crippen LogP contribution in [0, 0.1) is 5.82 Å². The van der Waals surface area contributed by atoms with E-state index in [1.165, 1.54) is 19.1 Å². The minimum atomic E-state index is -0.541. The second kappa shape index (κ2) is 6.19. The molecule has 0 aliphatic rings. The molecular weight excluding hydrogens is 259 g/mol. The Bertz CT molecular complexity index is 623. The lowest BCUT2D eigenvalue weighted by molar-refractivity contribution is 0.101. The van der Waals surface area contributed by atoms with E-state index in [1.54, 1.807) is 19.2 Å². The van der Waals surface area contributed by atoms with Crippen molar-refractivity contribution in [2.75, 3.05) is 7.11 Å². The monoisotopic (exact) mass is 274 g/mol. The van der Waals surface area contributed by atoms with Crippen LogP contribution in [0.25, 0.3) is 0 Å². The Morgan fingerprint density at radius 2 is 1.95 bits per heavy atom. The molecule has 20 heavy (non-hydrogen) atoms. The maximum atomic E-state index is 13.8. The number of benzene rings is 2. The molecule has 0 amide bonds. The second-order valence-corrected chi connectivity index (χ2v) is 4.31. The summed E-state index contributed by atoms with van der Waals surface area (Å²) in [5.41, 5.74) is 1.08. The zero-order chi connectivity index (χ0) is 14.5. The average Bonchev–Trinajstić information content (AvgIpc) is 2.45. The molecule has 0 saturated heterocycles. The van der Waals surface area contributed by atoms with E-state index >= 15 is 0 Å². The van der Waals surface area contributed by atoms with Gasteiger partial charge in [0.1, 0.15) is 12.4 Å². The van der Waals surface area contributed by atoms with Gasteiger partial charge in [-0.25, -0.2) is 4.39 Å². The largest absolute Gasteiger partial charge is 0.497 e. The third kappa shape index (κ3) is 3.15. The number of ether oxygens (including phenoxy) is 2. The van der Waals surface area contributed by atoms with Gasteiger partial charge in [-0.1, -0.05) is 18.2 Å². The second-order valence-electron chi connectivity index (χ2n) is 4.31. The van der Waals surface area contributed by atoms with Crippen LogP contribution in [0.1, 0.15) is 22.8 Å². The number of Topliss-reactive ketones (excluding diaryl/α,β-unsaturated/α-hetero) is 1. The summed E-state index contributed by atoms with van der Waals surface area (Å²) in [6, 6.07) is 11.6. The molecule has 0 unspecified atom stereocenters. The predicted molar refractivity (Wildman–Crippen MR) is 73.7 cm³/mol. The highest BCUT2D eigenvalue weighted by atomic mass is 19.1. The first kappa shape index (κ1) is 14.1. The number of rotatable bonds is 5. The Labute approximate surface area is 117 Å². The van der Waals surface area contributed by atoms with Crippen LogP contribution < -0.4 is 9.47 Å². The molecule has 2 aromatic carbocycles. The number of hydrogen-bond donors (Lipinski definition) is 0. The SMILES string of the molecule is COc1cccc(COc2c(F)cccc2C(C)=O)c1. The summed E-state index contributed by atoms with van der Waals surface area (Å²) in [7, 11) is 1.57. The molecule has 0 fully saturated rings. The Hall–Kier alpha value is -2.36. The molecule has 0 aromatic heterocycles. The first-order valence-electron chi connectivity index (χ1n) is 6.17. The molecule has 2 aromatic rings. The lowest BCUT2D eigenvalue weighted by Crippen LogP contribution is -2.04. The van der Waals surface area contributed by atoms with E-state index in [0.29, 0.717) is 5.75 Å². The molecule has 0 saturated carbocycles. The van der Waals surface area contributed by atoms with Gasteiger partial charge in [0.05, 0.1) is 12.7 Å². The summed E-state index contributed by atoms with van der Waals surface area (Å²) in [5.74, 6) is -0.0833. The zero-order valence-electron chi connectivity index (χ0n) is 11.4. The van der Waals surface area contributed by atoms with E-state index in [1.807, 2.05) is 18.2 Å². The Morgan fingerprint density at radius 3 is 2.65 bits per heavy atom. The Kier molecular flexibility index (Phi) is 4.35. The van der Waals surface area contributed by atoms with Gasteiger partial charge in [0.25, 0.3) is 0 Å². The number of methoxy groups -OCH3 is 1. The van der Waals surface area contributed by atoms with Crippen molar-refractivity contribution in [3.8, 4) is 11.5 Å². The number of ketones is 1. The molecule has 0 spiro atoms. The van der Waals surface area contributed by atoms with Crippen molar-refractivity contribution >= 4 is 5.78 Å². The van der Waals surface area contributed by atoms with Gasteiger partial charge in [-0.15, -0.1) is 0 Å². The molecular formula is C16H15FO3. The smallest absolute Gasteiger partial charge is 0.166 e. The van der Waals surface area contributed by atoms with Gasteiger partial charge in [-0.2, -0.15) is 0 Å². The van der Waals surface area contributed by atoms with E-state index in [9.17, 15) is 9.18 Å². The fourth-order valence-corrected chi connectivity index (χ4v) is 1.85. The van der Waals surface area contributed by atoms with Crippen LogP contribution in [0.3, 0.4) is 0 Å². The quantitative estimate of drug-likeness (QED) is 0.781. The van der Waals surface area contributed by atoms with Crippen molar-refractivity contribution in [2.24, 2.45) is 0 Å². The minimum absolute atomic E-state index is 0.0113. The van der Waals surface area contributed by atoms with Crippen LogP contribution in [0.2, 0.25) is 0 Å². The van der Waals surface area contributed by atoms with E-state index in [4.69, 9.17) is 9.47 Å². The maximum Gasteiger partial charge on any atom is 0.166 e. The number of carbonyl (C=O) groups is 1. The highest BCUT2D eigenvalue weighted by molar-refractivity contribution is 5.96. The highest BCUT2D eigenvalue weighted by Gasteiger charge is 2.13. The highest BCUT2D eigenvalue weighted by Crippen LogP contribution is 2.24. The predicted octanol–water partition coefficient (Wildman–Crippen LogP) is 3.62. The lowest BCUT2D eigenvalue weighted by Gasteiger charge is -2.11. The third-order valence-electron chi connectivity index (χ3n) is 2.86. The lowest BCUT2D eigenvalue weighted by atomic mass is 10.1. The van der Waals surface area contributed by atoms with Gasteiger partial charge in [0.15, 0.2) is 17.3 Å². The normalized spacial score (nSPS) is 10.2. The fourth-order valence-electron chi connectivity index (χ4n) is 1.85. The van der Waals surface area contributed by atoms with E-state index in [0.717, 1.165) is 5.56 Å². The zero-order valence-corrected chi connectivity index (χ0v) is 11.4. The number of hydrogen-bond acceptors (Lipinski definition) is 3. The molecule has 0 radical (unpaired) electrons. The summed E-state index contributed by atoms with van der Waals surface area (Å²) < 4.78 is 24.3. The van der Waals surface area contributed by atoms with E-state index in [-0.39, 0.29) is 23.7 Å². The van der Waals surface area contributed by atoms with Crippen LogP contribution >= 0.6 is 0 Å². The van der Waals surface area contributed by atoms with Crippen LogP contribution in [-0.2, 0) is 6.61 Å². The molecule has 3 nitrogen and oxygen atoms in total. The van der Waals surface area contributed by atoms with Crippen molar-refractivity contribution in [2.45, 2.75) is 13.5 Å². The summed E-state index contributed by atoms with van der Waals surface area (Å²) in [4.78, 5) is 11.5. The molecule has 2 rings (SSSR count). The van der Waals surface area contributed by atoms with Crippen molar-refractivity contribution in [1.29, 1.82) is 0 Å². The van der Waals surface area contributed by atoms with Crippen molar-refractivity contribution < 1.29 is 18.7 Å². The van der Waals surface area contributed by atoms with Gasteiger partial charge < -0.3 is 9.47 Å².